The minimum atomic E-state index is 0.258. The van der Waals surface area contributed by atoms with Gasteiger partial charge in [-0.25, -0.2) is 9.97 Å². The number of hydrogen-bond acceptors (Lipinski definition) is 4. The van der Waals surface area contributed by atoms with Crippen LogP contribution in [0.25, 0.3) is 44.5 Å². The number of aromatic nitrogens is 3. The Morgan fingerprint density at radius 2 is 1.59 bits per heavy atom. The van der Waals surface area contributed by atoms with Crippen molar-refractivity contribution in [3.63, 3.8) is 0 Å². The molecule has 1 saturated heterocycles. The Hall–Kier alpha value is -3.70. The summed E-state index contributed by atoms with van der Waals surface area (Å²) in [5.41, 5.74) is 5.07. The van der Waals surface area contributed by atoms with E-state index in [1.807, 2.05) is 18.3 Å². The van der Waals surface area contributed by atoms with Gasteiger partial charge in [0.05, 0.1) is 0 Å². The van der Waals surface area contributed by atoms with E-state index in [1.54, 1.807) is 12.1 Å². The molecular formula is C27H24N4O. The molecule has 0 spiro atoms. The summed E-state index contributed by atoms with van der Waals surface area (Å²) in [4.78, 5) is 9.94. The molecule has 0 bridgehead atoms. The highest BCUT2D eigenvalue weighted by atomic mass is 16.3. The molecule has 0 unspecified atom stereocenters. The monoisotopic (exact) mass is 420 g/mol. The van der Waals surface area contributed by atoms with Gasteiger partial charge in [-0.15, -0.1) is 0 Å². The molecule has 2 aromatic heterocycles. The third kappa shape index (κ3) is 3.22. The Kier molecular flexibility index (Phi) is 4.62. The maximum atomic E-state index is 9.79. The zero-order valence-corrected chi connectivity index (χ0v) is 17.7. The molecule has 5 nitrogen and oxygen atoms in total. The third-order valence-corrected chi connectivity index (χ3v) is 6.44. The largest absolute Gasteiger partial charge is 0.508 e. The van der Waals surface area contributed by atoms with Gasteiger partial charge >= 0.3 is 0 Å². The number of piperidine rings is 1. The standard InChI is InChI=1S/C27H24N4O/c32-23-9-7-19(8-10-23)26-30-25-24(21-6-5-18-3-1-2-4-20(18)17-21)13-16-29-27(25)31(26)22-11-14-28-15-12-22/h1-10,13,16-17,22,28,32H,11-12,14-15H2. The van der Waals surface area contributed by atoms with E-state index in [0.717, 1.165) is 59.6 Å². The predicted octanol–water partition coefficient (Wildman–Crippen LogP) is 5.55. The van der Waals surface area contributed by atoms with Crippen molar-refractivity contribution in [1.29, 1.82) is 0 Å². The van der Waals surface area contributed by atoms with Crippen LogP contribution in [-0.2, 0) is 0 Å². The Balaban J connectivity index is 1.59. The number of rotatable bonds is 3. The van der Waals surface area contributed by atoms with E-state index < -0.39 is 0 Å². The number of phenols is 1. The number of aromatic hydroxyl groups is 1. The SMILES string of the molecule is Oc1ccc(-c2nc3c(-c4ccc5ccccc5c4)ccnc3n2C2CCNCC2)cc1. The van der Waals surface area contributed by atoms with Crippen molar-refractivity contribution in [3.8, 4) is 28.3 Å². The van der Waals surface area contributed by atoms with Gasteiger partial charge in [0.1, 0.15) is 17.1 Å². The molecule has 0 amide bonds. The Labute approximate surface area is 186 Å². The number of benzene rings is 3. The maximum Gasteiger partial charge on any atom is 0.161 e. The lowest BCUT2D eigenvalue weighted by atomic mass is 10.0. The first-order chi connectivity index (χ1) is 15.8. The molecule has 32 heavy (non-hydrogen) atoms. The van der Waals surface area contributed by atoms with Crippen LogP contribution < -0.4 is 5.32 Å². The van der Waals surface area contributed by atoms with Crippen molar-refractivity contribution < 1.29 is 5.11 Å². The van der Waals surface area contributed by atoms with E-state index in [0.29, 0.717) is 6.04 Å². The number of imidazole rings is 1. The van der Waals surface area contributed by atoms with E-state index >= 15 is 0 Å². The fourth-order valence-electron chi connectivity index (χ4n) is 4.80. The molecule has 0 aliphatic carbocycles. The van der Waals surface area contributed by atoms with Gasteiger partial charge < -0.3 is 15.0 Å². The molecule has 1 aliphatic heterocycles. The first kappa shape index (κ1) is 19.0. The van der Waals surface area contributed by atoms with Crippen LogP contribution in [0, 0.1) is 0 Å². The summed E-state index contributed by atoms with van der Waals surface area (Å²) in [7, 11) is 0. The number of nitrogens with one attached hydrogen (secondary N) is 1. The van der Waals surface area contributed by atoms with Crippen LogP contribution >= 0.6 is 0 Å². The highest BCUT2D eigenvalue weighted by Crippen LogP contribution is 2.36. The lowest BCUT2D eigenvalue weighted by Gasteiger charge is -2.26. The van der Waals surface area contributed by atoms with Gasteiger partial charge in [-0.2, -0.15) is 0 Å². The summed E-state index contributed by atoms with van der Waals surface area (Å²) >= 11 is 0. The fourth-order valence-corrected chi connectivity index (χ4v) is 4.80. The Morgan fingerprint density at radius 3 is 2.41 bits per heavy atom. The normalized spacial score (nSPS) is 14.9. The summed E-state index contributed by atoms with van der Waals surface area (Å²) in [6.07, 6.45) is 3.98. The molecule has 3 heterocycles. The summed E-state index contributed by atoms with van der Waals surface area (Å²) in [6, 6.07) is 24.7. The van der Waals surface area contributed by atoms with E-state index in [4.69, 9.17) is 9.97 Å². The topological polar surface area (TPSA) is 63.0 Å². The summed E-state index contributed by atoms with van der Waals surface area (Å²) in [5, 5.41) is 15.7. The number of fused-ring (bicyclic) bond motifs is 2. The molecule has 2 N–H and O–H groups in total. The number of pyridine rings is 1. The first-order valence-electron chi connectivity index (χ1n) is 11.1. The lowest BCUT2D eigenvalue weighted by Crippen LogP contribution is -2.29. The molecule has 5 heteroatoms. The van der Waals surface area contributed by atoms with Gasteiger partial charge in [0.2, 0.25) is 0 Å². The number of phenolic OH excluding ortho intramolecular Hbond substituents is 1. The zero-order valence-electron chi connectivity index (χ0n) is 17.7. The van der Waals surface area contributed by atoms with Crippen LogP contribution in [0.1, 0.15) is 18.9 Å². The second-order valence-corrected chi connectivity index (χ2v) is 8.43. The fraction of sp³-hybridized carbons (Fsp3) is 0.185. The molecule has 6 rings (SSSR count). The van der Waals surface area contributed by atoms with Crippen molar-refractivity contribution in [2.75, 3.05) is 13.1 Å². The second kappa shape index (κ2) is 7.77. The molecule has 0 saturated carbocycles. The quantitative estimate of drug-likeness (QED) is 0.402. The van der Waals surface area contributed by atoms with E-state index in [1.165, 1.54) is 10.8 Å². The van der Waals surface area contributed by atoms with Crippen molar-refractivity contribution >= 4 is 21.9 Å². The molecule has 1 aliphatic rings. The third-order valence-electron chi connectivity index (χ3n) is 6.44. The van der Waals surface area contributed by atoms with Gasteiger partial charge in [0.25, 0.3) is 0 Å². The number of nitrogens with zero attached hydrogens (tertiary/aromatic N) is 3. The highest BCUT2D eigenvalue weighted by Gasteiger charge is 2.24. The summed E-state index contributed by atoms with van der Waals surface area (Å²) < 4.78 is 2.31. The van der Waals surface area contributed by atoms with E-state index in [9.17, 15) is 5.11 Å². The van der Waals surface area contributed by atoms with Crippen LogP contribution in [0.2, 0.25) is 0 Å². The van der Waals surface area contributed by atoms with Crippen LogP contribution in [0.4, 0.5) is 0 Å². The molecule has 158 valence electrons. The minimum Gasteiger partial charge on any atom is -0.508 e. The van der Waals surface area contributed by atoms with Crippen LogP contribution in [-0.4, -0.2) is 32.7 Å². The molecule has 0 radical (unpaired) electrons. The van der Waals surface area contributed by atoms with E-state index in [2.05, 4.69) is 58.4 Å². The molecule has 1 fully saturated rings. The van der Waals surface area contributed by atoms with Crippen molar-refractivity contribution in [3.05, 3.63) is 79.0 Å². The maximum absolute atomic E-state index is 9.79. The molecule has 3 aromatic carbocycles. The summed E-state index contributed by atoms with van der Waals surface area (Å²) in [6.45, 7) is 1.98. The minimum absolute atomic E-state index is 0.258. The van der Waals surface area contributed by atoms with Crippen molar-refractivity contribution in [2.45, 2.75) is 18.9 Å². The van der Waals surface area contributed by atoms with Gasteiger partial charge in [-0.05, 0) is 78.7 Å². The van der Waals surface area contributed by atoms with Crippen molar-refractivity contribution in [1.82, 2.24) is 19.9 Å². The van der Waals surface area contributed by atoms with E-state index in [-0.39, 0.29) is 5.75 Å². The van der Waals surface area contributed by atoms with Gasteiger partial charge in [-0.3, -0.25) is 0 Å². The molecular weight excluding hydrogens is 396 g/mol. The first-order valence-corrected chi connectivity index (χ1v) is 11.1. The predicted molar refractivity (Wildman–Crippen MR) is 129 cm³/mol. The van der Waals surface area contributed by atoms with Crippen LogP contribution in [0.15, 0.2) is 79.0 Å². The lowest BCUT2D eigenvalue weighted by molar-refractivity contribution is 0.376. The second-order valence-electron chi connectivity index (χ2n) is 8.43. The van der Waals surface area contributed by atoms with Gasteiger partial charge in [0, 0.05) is 23.4 Å². The Morgan fingerprint density at radius 1 is 0.844 bits per heavy atom. The number of hydrogen-bond donors (Lipinski definition) is 2. The van der Waals surface area contributed by atoms with Crippen LogP contribution in [0.5, 0.6) is 5.75 Å². The van der Waals surface area contributed by atoms with Crippen LogP contribution in [0.3, 0.4) is 0 Å². The molecule has 0 atom stereocenters. The summed E-state index contributed by atoms with van der Waals surface area (Å²) in [5.74, 6) is 1.17. The molecule has 5 aromatic rings. The average Bonchev–Trinajstić information content (AvgIpc) is 3.24. The van der Waals surface area contributed by atoms with Gasteiger partial charge in [-0.1, -0.05) is 36.4 Å². The smallest absolute Gasteiger partial charge is 0.161 e. The zero-order chi connectivity index (χ0) is 21.5. The van der Waals surface area contributed by atoms with Crippen molar-refractivity contribution in [2.24, 2.45) is 0 Å². The Bertz CT molecular complexity index is 1420. The average molecular weight is 421 g/mol. The highest BCUT2D eigenvalue weighted by molar-refractivity contribution is 5.95. The van der Waals surface area contributed by atoms with Gasteiger partial charge in [0.15, 0.2) is 5.65 Å².